The molecule has 1 unspecified atom stereocenters. The quantitative estimate of drug-likeness (QED) is 0.629. The standard InChI is InChI=1S/C27H32N2O4/c1-17(2)24(27(32)33-3)29-16-21-10-9-20(15-23(21)26(29)31)18-11-13-22(14-12-18)28-25(30)19-7-5-4-6-8-19/h9-15,17,19,24H,4-8,16H2,1-3H3,(H,28,30). The van der Waals surface area contributed by atoms with Crippen LogP contribution in [0.15, 0.2) is 42.5 Å². The fourth-order valence-electron chi connectivity index (χ4n) is 4.96. The van der Waals surface area contributed by atoms with E-state index in [1.54, 1.807) is 4.90 Å². The van der Waals surface area contributed by atoms with E-state index in [9.17, 15) is 14.4 Å². The van der Waals surface area contributed by atoms with Gasteiger partial charge in [0.15, 0.2) is 0 Å². The molecule has 1 N–H and O–H groups in total. The van der Waals surface area contributed by atoms with Crippen LogP contribution in [0.1, 0.15) is 61.9 Å². The summed E-state index contributed by atoms with van der Waals surface area (Å²) >= 11 is 0. The first-order valence-corrected chi connectivity index (χ1v) is 11.8. The second-order valence-electron chi connectivity index (χ2n) is 9.42. The van der Waals surface area contributed by atoms with Crippen LogP contribution in [0.2, 0.25) is 0 Å². The molecule has 0 bridgehead atoms. The van der Waals surface area contributed by atoms with Gasteiger partial charge in [0.1, 0.15) is 6.04 Å². The van der Waals surface area contributed by atoms with Crippen molar-refractivity contribution in [2.24, 2.45) is 11.8 Å². The van der Waals surface area contributed by atoms with Gasteiger partial charge in [0, 0.05) is 23.7 Å². The highest BCUT2D eigenvalue weighted by atomic mass is 16.5. The van der Waals surface area contributed by atoms with Crippen LogP contribution < -0.4 is 5.32 Å². The molecule has 0 aromatic heterocycles. The number of anilines is 1. The first kappa shape index (κ1) is 23.0. The van der Waals surface area contributed by atoms with E-state index in [0.29, 0.717) is 12.1 Å². The fraction of sp³-hybridized carbons (Fsp3) is 0.444. The Morgan fingerprint density at radius 3 is 2.30 bits per heavy atom. The van der Waals surface area contributed by atoms with Gasteiger partial charge in [-0.25, -0.2) is 4.79 Å². The lowest BCUT2D eigenvalue weighted by Crippen LogP contribution is -2.45. The molecule has 2 aromatic rings. The molecule has 0 spiro atoms. The lowest BCUT2D eigenvalue weighted by Gasteiger charge is -2.28. The first-order valence-electron chi connectivity index (χ1n) is 11.8. The molecule has 1 aliphatic heterocycles. The number of rotatable bonds is 6. The van der Waals surface area contributed by atoms with Crippen molar-refractivity contribution in [2.45, 2.75) is 58.5 Å². The molecule has 1 heterocycles. The third-order valence-electron chi connectivity index (χ3n) is 6.81. The molecule has 0 saturated heterocycles. The van der Waals surface area contributed by atoms with Crippen LogP contribution in [-0.4, -0.2) is 35.8 Å². The maximum atomic E-state index is 13.1. The molecule has 1 atom stereocenters. The van der Waals surface area contributed by atoms with E-state index in [-0.39, 0.29) is 23.7 Å². The zero-order chi connectivity index (χ0) is 23.5. The van der Waals surface area contributed by atoms with Crippen molar-refractivity contribution in [1.82, 2.24) is 4.90 Å². The minimum absolute atomic E-state index is 0.0495. The van der Waals surface area contributed by atoms with Crippen molar-refractivity contribution >= 4 is 23.5 Å². The molecule has 2 aromatic carbocycles. The predicted octanol–water partition coefficient (Wildman–Crippen LogP) is 5.03. The smallest absolute Gasteiger partial charge is 0.328 e. The van der Waals surface area contributed by atoms with E-state index in [0.717, 1.165) is 48.1 Å². The number of nitrogens with zero attached hydrogens (tertiary/aromatic N) is 1. The lowest BCUT2D eigenvalue weighted by molar-refractivity contribution is -0.147. The minimum atomic E-state index is -0.606. The largest absolute Gasteiger partial charge is 0.467 e. The number of fused-ring (bicyclic) bond motifs is 1. The van der Waals surface area contributed by atoms with Gasteiger partial charge in [-0.15, -0.1) is 0 Å². The summed E-state index contributed by atoms with van der Waals surface area (Å²) in [6, 6.07) is 13.0. The molecular formula is C27H32N2O4. The van der Waals surface area contributed by atoms with E-state index >= 15 is 0 Å². The number of hydrogen-bond donors (Lipinski definition) is 1. The summed E-state index contributed by atoms with van der Waals surface area (Å²) in [6.45, 7) is 4.23. The SMILES string of the molecule is COC(=O)C(C(C)C)N1Cc2ccc(-c3ccc(NC(=O)C4CCCCC4)cc3)cc2C1=O. The zero-order valence-corrected chi connectivity index (χ0v) is 19.6. The third kappa shape index (κ3) is 4.80. The Balaban J connectivity index is 1.49. The van der Waals surface area contributed by atoms with Crippen molar-refractivity contribution in [3.05, 3.63) is 53.6 Å². The molecule has 6 nitrogen and oxygen atoms in total. The van der Waals surface area contributed by atoms with Crippen molar-refractivity contribution < 1.29 is 19.1 Å². The molecular weight excluding hydrogens is 416 g/mol. The van der Waals surface area contributed by atoms with Crippen LogP contribution in [0.4, 0.5) is 5.69 Å². The van der Waals surface area contributed by atoms with Gasteiger partial charge < -0.3 is 15.0 Å². The van der Waals surface area contributed by atoms with Gasteiger partial charge in [0.25, 0.3) is 5.91 Å². The van der Waals surface area contributed by atoms with Crippen molar-refractivity contribution in [1.29, 1.82) is 0 Å². The summed E-state index contributed by atoms with van der Waals surface area (Å²) in [4.78, 5) is 39.5. The highest BCUT2D eigenvalue weighted by Gasteiger charge is 2.38. The van der Waals surface area contributed by atoms with E-state index in [4.69, 9.17) is 4.74 Å². The van der Waals surface area contributed by atoms with E-state index in [1.807, 2.05) is 56.3 Å². The van der Waals surface area contributed by atoms with Crippen LogP contribution in [-0.2, 0) is 20.9 Å². The van der Waals surface area contributed by atoms with Gasteiger partial charge in [-0.05, 0) is 53.6 Å². The predicted molar refractivity (Wildman–Crippen MR) is 128 cm³/mol. The average molecular weight is 449 g/mol. The van der Waals surface area contributed by atoms with Crippen molar-refractivity contribution in [3.8, 4) is 11.1 Å². The van der Waals surface area contributed by atoms with Crippen molar-refractivity contribution in [3.63, 3.8) is 0 Å². The number of esters is 1. The summed E-state index contributed by atoms with van der Waals surface area (Å²) in [5.74, 6) is -0.365. The second-order valence-corrected chi connectivity index (χ2v) is 9.42. The molecule has 174 valence electrons. The van der Waals surface area contributed by atoms with E-state index < -0.39 is 12.0 Å². The number of amides is 2. The molecule has 1 fully saturated rings. The first-order chi connectivity index (χ1) is 15.9. The molecule has 2 amide bonds. The van der Waals surface area contributed by atoms with Crippen LogP contribution >= 0.6 is 0 Å². The molecule has 1 saturated carbocycles. The van der Waals surface area contributed by atoms with Gasteiger partial charge in [-0.1, -0.05) is 57.4 Å². The van der Waals surface area contributed by atoms with Crippen LogP contribution in [0.3, 0.4) is 0 Å². The Bertz CT molecular complexity index is 1040. The minimum Gasteiger partial charge on any atom is -0.467 e. The normalized spacial score (nSPS) is 17.1. The van der Waals surface area contributed by atoms with E-state index in [1.165, 1.54) is 13.5 Å². The summed E-state index contributed by atoms with van der Waals surface area (Å²) < 4.78 is 4.94. The Labute approximate surface area is 195 Å². The van der Waals surface area contributed by atoms with Crippen LogP contribution in [0, 0.1) is 11.8 Å². The maximum Gasteiger partial charge on any atom is 0.328 e. The summed E-state index contributed by atoms with van der Waals surface area (Å²) in [5, 5.41) is 3.04. The molecule has 2 aliphatic rings. The van der Waals surface area contributed by atoms with Gasteiger partial charge >= 0.3 is 5.97 Å². The number of hydrogen-bond acceptors (Lipinski definition) is 4. The topological polar surface area (TPSA) is 75.7 Å². The Hall–Kier alpha value is -3.15. The summed E-state index contributed by atoms with van der Waals surface area (Å²) in [6.07, 6.45) is 5.42. The Kier molecular flexibility index (Phi) is 6.82. The molecule has 0 radical (unpaired) electrons. The van der Waals surface area contributed by atoms with Gasteiger partial charge in [0.2, 0.25) is 5.91 Å². The highest BCUT2D eigenvalue weighted by Crippen LogP contribution is 2.32. The Morgan fingerprint density at radius 2 is 1.67 bits per heavy atom. The molecule has 4 rings (SSSR count). The third-order valence-corrected chi connectivity index (χ3v) is 6.81. The number of carbonyl (C=O) groups is 3. The number of benzene rings is 2. The molecule has 33 heavy (non-hydrogen) atoms. The van der Waals surface area contributed by atoms with Crippen LogP contribution in [0.5, 0.6) is 0 Å². The average Bonchev–Trinajstić information content (AvgIpc) is 3.15. The summed E-state index contributed by atoms with van der Waals surface area (Å²) in [5.41, 5.74) is 4.21. The number of ether oxygens (including phenoxy) is 1. The highest BCUT2D eigenvalue weighted by molar-refractivity contribution is 6.01. The molecule has 6 heteroatoms. The van der Waals surface area contributed by atoms with E-state index in [2.05, 4.69) is 5.32 Å². The molecule has 1 aliphatic carbocycles. The fourth-order valence-corrected chi connectivity index (χ4v) is 4.96. The second kappa shape index (κ2) is 9.77. The van der Waals surface area contributed by atoms with Crippen LogP contribution in [0.25, 0.3) is 11.1 Å². The lowest BCUT2D eigenvalue weighted by atomic mass is 9.88. The maximum absolute atomic E-state index is 13.1. The monoisotopic (exact) mass is 448 g/mol. The van der Waals surface area contributed by atoms with Gasteiger partial charge in [-0.3, -0.25) is 9.59 Å². The van der Waals surface area contributed by atoms with Gasteiger partial charge in [0.05, 0.1) is 7.11 Å². The number of methoxy groups -OCH3 is 1. The zero-order valence-electron chi connectivity index (χ0n) is 19.6. The summed E-state index contributed by atoms with van der Waals surface area (Å²) in [7, 11) is 1.35. The Morgan fingerprint density at radius 1 is 1.00 bits per heavy atom. The number of carbonyl (C=O) groups excluding carboxylic acids is 3. The van der Waals surface area contributed by atoms with Crippen molar-refractivity contribution in [2.75, 3.05) is 12.4 Å². The van der Waals surface area contributed by atoms with Gasteiger partial charge in [-0.2, -0.15) is 0 Å². The number of nitrogens with one attached hydrogen (secondary N) is 1.